The number of hydrogen-bond donors (Lipinski definition) is 3. The number of benzene rings is 1. The van der Waals surface area contributed by atoms with Gasteiger partial charge in [0.1, 0.15) is 0 Å². The van der Waals surface area contributed by atoms with Gasteiger partial charge >= 0.3 is 0 Å². The molecule has 0 unspecified atom stereocenters. The Morgan fingerprint density at radius 1 is 1.25 bits per heavy atom. The average molecular weight is 238 g/mol. The summed E-state index contributed by atoms with van der Waals surface area (Å²) >= 11 is 4.04. The Labute approximate surface area is 99.6 Å². The van der Waals surface area contributed by atoms with E-state index in [1.807, 2.05) is 0 Å². The van der Waals surface area contributed by atoms with Crippen LogP contribution in [0.4, 0.5) is 0 Å². The second-order valence-corrected chi connectivity index (χ2v) is 3.69. The third-order valence-electron chi connectivity index (χ3n) is 2.06. The fourth-order valence-corrected chi connectivity index (χ4v) is 1.43. The van der Waals surface area contributed by atoms with Gasteiger partial charge in [-0.25, -0.2) is 0 Å². The Bertz CT molecular complexity index is 393. The summed E-state index contributed by atoms with van der Waals surface area (Å²) < 4.78 is 0. The summed E-state index contributed by atoms with van der Waals surface area (Å²) in [5.41, 5.74) is 5.73. The van der Waals surface area contributed by atoms with Crippen LogP contribution in [0.3, 0.4) is 0 Å². The minimum absolute atomic E-state index is 0.242. The highest BCUT2D eigenvalue weighted by molar-refractivity contribution is 7.80. The number of rotatable bonds is 5. The molecule has 4 nitrogen and oxygen atoms in total. The molecule has 1 rings (SSSR count). The van der Waals surface area contributed by atoms with Gasteiger partial charge in [0.2, 0.25) is 5.91 Å². The fraction of sp³-hybridized carbons (Fsp3) is 0.273. The maximum atomic E-state index is 11.7. The van der Waals surface area contributed by atoms with E-state index in [-0.39, 0.29) is 11.5 Å². The van der Waals surface area contributed by atoms with E-state index in [1.54, 1.807) is 18.2 Å². The minimum atomic E-state index is -0.597. The molecule has 0 bridgehead atoms. The van der Waals surface area contributed by atoms with E-state index in [0.29, 0.717) is 17.9 Å². The zero-order valence-electron chi connectivity index (χ0n) is 8.77. The molecular weight excluding hydrogens is 224 g/mol. The monoisotopic (exact) mass is 238 g/mol. The van der Waals surface area contributed by atoms with Crippen molar-refractivity contribution in [3.05, 3.63) is 35.4 Å². The van der Waals surface area contributed by atoms with E-state index in [4.69, 9.17) is 5.73 Å². The van der Waals surface area contributed by atoms with Gasteiger partial charge in [0.15, 0.2) is 0 Å². The second-order valence-electron chi connectivity index (χ2n) is 3.24. The first-order valence-corrected chi connectivity index (χ1v) is 5.58. The zero-order valence-corrected chi connectivity index (χ0v) is 9.67. The van der Waals surface area contributed by atoms with Crippen LogP contribution in [0.25, 0.3) is 0 Å². The molecule has 86 valence electrons. The summed E-state index contributed by atoms with van der Waals surface area (Å²) in [4.78, 5) is 22.8. The molecule has 0 atom stereocenters. The van der Waals surface area contributed by atoms with Gasteiger partial charge in [-0.05, 0) is 24.3 Å². The molecule has 5 heteroatoms. The molecule has 0 saturated carbocycles. The quantitative estimate of drug-likeness (QED) is 0.525. The standard InChI is InChI=1S/C11H14N2O2S/c12-10(14)8-4-1-2-5-9(8)11(15)13-6-3-7-16/h1-2,4-5,16H,3,6-7H2,(H2,12,14)(H,13,15). The molecule has 0 radical (unpaired) electrons. The highest BCUT2D eigenvalue weighted by Gasteiger charge is 2.13. The molecule has 0 aliphatic heterocycles. The van der Waals surface area contributed by atoms with Gasteiger partial charge in [-0.3, -0.25) is 9.59 Å². The smallest absolute Gasteiger partial charge is 0.252 e. The first-order valence-electron chi connectivity index (χ1n) is 4.94. The van der Waals surface area contributed by atoms with Crippen molar-refractivity contribution in [3.8, 4) is 0 Å². The Hall–Kier alpha value is -1.49. The number of carbonyl (C=O) groups excluding carboxylic acids is 2. The lowest BCUT2D eigenvalue weighted by Crippen LogP contribution is -2.27. The molecule has 2 amide bonds. The van der Waals surface area contributed by atoms with Crippen LogP contribution in [0.15, 0.2) is 24.3 Å². The number of carbonyl (C=O) groups is 2. The first kappa shape index (κ1) is 12.6. The lowest BCUT2D eigenvalue weighted by molar-refractivity contribution is 0.0936. The van der Waals surface area contributed by atoms with E-state index in [1.165, 1.54) is 6.07 Å². The summed E-state index contributed by atoms with van der Waals surface area (Å²) in [6, 6.07) is 6.48. The summed E-state index contributed by atoms with van der Waals surface area (Å²) in [5.74, 6) is -0.172. The van der Waals surface area contributed by atoms with Crippen molar-refractivity contribution in [2.45, 2.75) is 6.42 Å². The van der Waals surface area contributed by atoms with E-state index < -0.39 is 5.91 Å². The summed E-state index contributed by atoms with van der Waals surface area (Å²) in [7, 11) is 0. The molecule has 0 fully saturated rings. The number of amides is 2. The van der Waals surface area contributed by atoms with Crippen molar-refractivity contribution >= 4 is 24.4 Å². The van der Waals surface area contributed by atoms with Crippen LogP contribution < -0.4 is 11.1 Å². The van der Waals surface area contributed by atoms with Crippen LogP contribution in [0.1, 0.15) is 27.1 Å². The second kappa shape index (κ2) is 6.17. The van der Waals surface area contributed by atoms with Gasteiger partial charge in [-0.15, -0.1) is 0 Å². The van der Waals surface area contributed by atoms with Gasteiger partial charge in [-0.2, -0.15) is 12.6 Å². The van der Waals surface area contributed by atoms with Crippen molar-refractivity contribution in [1.29, 1.82) is 0 Å². The molecular formula is C11H14N2O2S. The van der Waals surface area contributed by atoms with Crippen LogP contribution in [0.2, 0.25) is 0 Å². The maximum Gasteiger partial charge on any atom is 0.252 e. The van der Waals surface area contributed by atoms with Crippen LogP contribution in [-0.2, 0) is 0 Å². The van der Waals surface area contributed by atoms with Crippen LogP contribution >= 0.6 is 12.6 Å². The molecule has 0 heterocycles. The van der Waals surface area contributed by atoms with E-state index in [0.717, 1.165) is 6.42 Å². The predicted molar refractivity (Wildman–Crippen MR) is 65.8 cm³/mol. The Morgan fingerprint density at radius 2 is 1.88 bits per heavy atom. The minimum Gasteiger partial charge on any atom is -0.366 e. The zero-order chi connectivity index (χ0) is 12.0. The summed E-state index contributed by atoms with van der Waals surface area (Å²) in [6.45, 7) is 0.537. The lowest BCUT2D eigenvalue weighted by Gasteiger charge is -2.07. The lowest BCUT2D eigenvalue weighted by atomic mass is 10.1. The number of primary amides is 1. The van der Waals surface area contributed by atoms with Crippen LogP contribution in [0.5, 0.6) is 0 Å². The van der Waals surface area contributed by atoms with Gasteiger partial charge in [0.05, 0.1) is 11.1 Å². The third-order valence-corrected chi connectivity index (χ3v) is 2.37. The number of nitrogens with two attached hydrogens (primary N) is 1. The van der Waals surface area contributed by atoms with E-state index in [2.05, 4.69) is 17.9 Å². The Morgan fingerprint density at radius 3 is 2.44 bits per heavy atom. The molecule has 0 aromatic heterocycles. The molecule has 0 spiro atoms. The van der Waals surface area contributed by atoms with Gasteiger partial charge in [0, 0.05) is 6.54 Å². The van der Waals surface area contributed by atoms with Gasteiger partial charge in [-0.1, -0.05) is 12.1 Å². The molecule has 0 saturated heterocycles. The van der Waals surface area contributed by atoms with E-state index in [9.17, 15) is 9.59 Å². The molecule has 0 aliphatic rings. The summed E-state index contributed by atoms with van der Waals surface area (Å²) in [5, 5.41) is 2.70. The normalized spacial score (nSPS) is 9.81. The largest absolute Gasteiger partial charge is 0.366 e. The third kappa shape index (κ3) is 3.27. The Kier molecular flexibility index (Phi) is 4.85. The molecule has 1 aromatic rings. The van der Waals surface area contributed by atoms with Crippen LogP contribution in [0, 0.1) is 0 Å². The number of hydrogen-bond acceptors (Lipinski definition) is 3. The average Bonchev–Trinajstić information content (AvgIpc) is 2.29. The molecule has 1 aromatic carbocycles. The van der Waals surface area contributed by atoms with E-state index >= 15 is 0 Å². The van der Waals surface area contributed by atoms with Crippen LogP contribution in [-0.4, -0.2) is 24.1 Å². The number of nitrogens with one attached hydrogen (secondary N) is 1. The molecule has 16 heavy (non-hydrogen) atoms. The predicted octanol–water partition coefficient (Wildman–Crippen LogP) is 0.835. The maximum absolute atomic E-state index is 11.7. The first-order chi connectivity index (χ1) is 7.66. The van der Waals surface area contributed by atoms with Crippen molar-refractivity contribution in [1.82, 2.24) is 5.32 Å². The highest BCUT2D eigenvalue weighted by atomic mass is 32.1. The van der Waals surface area contributed by atoms with Crippen molar-refractivity contribution in [2.24, 2.45) is 5.73 Å². The molecule has 3 N–H and O–H groups in total. The molecule has 0 aliphatic carbocycles. The van der Waals surface area contributed by atoms with Gasteiger partial charge in [0.25, 0.3) is 5.91 Å². The van der Waals surface area contributed by atoms with Crippen molar-refractivity contribution in [2.75, 3.05) is 12.3 Å². The Balaban J connectivity index is 2.78. The SMILES string of the molecule is NC(=O)c1ccccc1C(=O)NCCCS. The van der Waals surface area contributed by atoms with Crippen molar-refractivity contribution < 1.29 is 9.59 Å². The topological polar surface area (TPSA) is 72.2 Å². The van der Waals surface area contributed by atoms with Gasteiger partial charge < -0.3 is 11.1 Å². The van der Waals surface area contributed by atoms with Crippen molar-refractivity contribution in [3.63, 3.8) is 0 Å². The fourth-order valence-electron chi connectivity index (χ4n) is 1.27. The number of thiol groups is 1. The summed E-state index contributed by atoms with van der Waals surface area (Å²) in [6.07, 6.45) is 0.785. The highest BCUT2D eigenvalue weighted by Crippen LogP contribution is 2.07.